The first-order valence-corrected chi connectivity index (χ1v) is 11.6. The van der Waals surface area contributed by atoms with E-state index >= 15 is 0 Å². The molecule has 1 fully saturated rings. The fraction of sp³-hybridized carbons (Fsp3) is 0.417. The molecule has 0 radical (unpaired) electrons. The highest BCUT2D eigenvalue weighted by atomic mass is 19.1. The monoisotopic (exact) mass is 464 g/mol. The molecule has 4 aromatic rings. The smallest absolute Gasteiger partial charge is 0.326 e. The van der Waals surface area contributed by atoms with Crippen molar-refractivity contribution in [3.8, 4) is 11.8 Å². The molecule has 1 aliphatic rings. The van der Waals surface area contributed by atoms with Crippen LogP contribution in [0.5, 0.6) is 11.8 Å². The number of aromatic amines is 1. The van der Waals surface area contributed by atoms with Gasteiger partial charge in [-0.3, -0.25) is 0 Å². The summed E-state index contributed by atoms with van der Waals surface area (Å²) in [5, 5.41) is 4.62. The molecule has 3 aromatic heterocycles. The molecule has 1 unspecified atom stereocenters. The third-order valence-corrected chi connectivity index (χ3v) is 6.63. The maximum absolute atomic E-state index is 14.9. The Morgan fingerprint density at radius 1 is 1.26 bits per heavy atom. The second-order valence-electron chi connectivity index (χ2n) is 8.88. The minimum absolute atomic E-state index is 0.136. The van der Waals surface area contributed by atoms with Gasteiger partial charge in [0.05, 0.1) is 29.0 Å². The summed E-state index contributed by atoms with van der Waals surface area (Å²) < 4.78 is 20.8. The number of hydrogen-bond donors (Lipinski definition) is 3. The molecule has 10 heteroatoms. The maximum atomic E-state index is 14.9. The summed E-state index contributed by atoms with van der Waals surface area (Å²) in [6.45, 7) is 7.38. The molecule has 178 valence electrons. The Morgan fingerprint density at radius 2 is 2.03 bits per heavy atom. The minimum atomic E-state index is -0.286. The van der Waals surface area contributed by atoms with Crippen molar-refractivity contribution in [3.05, 3.63) is 35.7 Å². The number of fused-ring (bicyclic) bond motifs is 3. The van der Waals surface area contributed by atoms with E-state index in [1.807, 2.05) is 6.92 Å². The number of halogens is 1. The molecule has 0 bridgehead atoms. The molecule has 5 rings (SSSR count). The number of piperidine rings is 1. The van der Waals surface area contributed by atoms with Crippen LogP contribution in [0, 0.1) is 18.7 Å². The Kier molecular flexibility index (Phi) is 5.68. The zero-order valence-electron chi connectivity index (χ0n) is 19.8. The zero-order chi connectivity index (χ0) is 24.0. The van der Waals surface area contributed by atoms with Crippen LogP contribution in [0.1, 0.15) is 31.7 Å². The van der Waals surface area contributed by atoms with Crippen molar-refractivity contribution in [2.24, 2.45) is 11.7 Å². The molecule has 2 atom stereocenters. The van der Waals surface area contributed by atoms with E-state index in [0.717, 1.165) is 48.0 Å². The third-order valence-electron chi connectivity index (χ3n) is 6.63. The van der Waals surface area contributed by atoms with Gasteiger partial charge in [0.15, 0.2) is 5.75 Å². The molecular weight excluding hydrogens is 435 g/mol. The van der Waals surface area contributed by atoms with Crippen LogP contribution in [-0.2, 0) is 6.42 Å². The Balaban J connectivity index is 1.70. The molecule has 34 heavy (non-hydrogen) atoms. The predicted molar refractivity (Wildman–Crippen MR) is 131 cm³/mol. The van der Waals surface area contributed by atoms with Crippen molar-refractivity contribution in [2.75, 3.05) is 30.4 Å². The Bertz CT molecular complexity index is 1350. The largest absolute Gasteiger partial charge is 0.421 e. The molecule has 4 heterocycles. The van der Waals surface area contributed by atoms with Crippen molar-refractivity contribution < 1.29 is 9.13 Å². The standard InChI is InChI=1S/C24H29FN8O/c1-5-18-28-9-14(10-29-18)34-24-31-22-20(23(32-24)33-7-6-16(26)12(2)11-33)19-13(3)15(25)8-17(27-4)21(19)30-22/h8-10,12,16,27H,5-7,11,26H2,1-4H3,(H,30,31,32)/t12-,16?/m1/s1. The molecule has 0 amide bonds. The van der Waals surface area contributed by atoms with E-state index in [-0.39, 0.29) is 23.8 Å². The fourth-order valence-corrected chi connectivity index (χ4v) is 4.57. The summed E-state index contributed by atoms with van der Waals surface area (Å²) in [6, 6.07) is 1.80. The second-order valence-corrected chi connectivity index (χ2v) is 8.88. The highest BCUT2D eigenvalue weighted by Gasteiger charge is 2.28. The van der Waals surface area contributed by atoms with Crippen LogP contribution in [-0.4, -0.2) is 51.1 Å². The highest BCUT2D eigenvalue weighted by molar-refractivity contribution is 6.16. The van der Waals surface area contributed by atoms with E-state index in [2.05, 4.69) is 37.1 Å². The van der Waals surface area contributed by atoms with Crippen molar-refractivity contribution in [3.63, 3.8) is 0 Å². The number of benzene rings is 1. The van der Waals surface area contributed by atoms with Gasteiger partial charge in [-0.15, -0.1) is 0 Å². The number of anilines is 2. The van der Waals surface area contributed by atoms with Gasteiger partial charge in [0, 0.05) is 38.0 Å². The van der Waals surface area contributed by atoms with Crippen LogP contribution in [0.15, 0.2) is 18.5 Å². The van der Waals surface area contributed by atoms with Gasteiger partial charge < -0.3 is 25.7 Å². The van der Waals surface area contributed by atoms with E-state index in [4.69, 9.17) is 15.5 Å². The van der Waals surface area contributed by atoms with Gasteiger partial charge in [-0.25, -0.2) is 14.4 Å². The topological polar surface area (TPSA) is 118 Å². The van der Waals surface area contributed by atoms with Crippen LogP contribution in [0.2, 0.25) is 0 Å². The SMILES string of the molecule is CCc1ncc(Oc2nc(N3CCC(N)[C@H](C)C3)c3c(n2)[nH]c2c(NC)cc(F)c(C)c23)cn1. The molecule has 9 nitrogen and oxygen atoms in total. The van der Waals surface area contributed by atoms with E-state index in [1.165, 1.54) is 6.07 Å². The molecular formula is C24H29FN8O. The number of nitrogens with zero attached hydrogens (tertiary/aromatic N) is 5. The number of ether oxygens (including phenoxy) is 1. The summed E-state index contributed by atoms with van der Waals surface area (Å²) in [4.78, 5) is 23.6. The summed E-state index contributed by atoms with van der Waals surface area (Å²) in [5.41, 5.74) is 8.83. The molecule has 1 aromatic carbocycles. The summed E-state index contributed by atoms with van der Waals surface area (Å²) >= 11 is 0. The number of H-pyrrole nitrogens is 1. The van der Waals surface area contributed by atoms with Crippen LogP contribution in [0.3, 0.4) is 0 Å². The number of rotatable bonds is 5. The summed E-state index contributed by atoms with van der Waals surface area (Å²) in [7, 11) is 1.77. The average molecular weight is 465 g/mol. The van der Waals surface area contributed by atoms with E-state index in [9.17, 15) is 4.39 Å². The highest BCUT2D eigenvalue weighted by Crippen LogP contribution is 2.40. The normalized spacial score (nSPS) is 18.6. The van der Waals surface area contributed by atoms with E-state index < -0.39 is 0 Å². The number of aryl methyl sites for hydroxylation is 2. The van der Waals surface area contributed by atoms with Crippen molar-refractivity contribution >= 4 is 33.4 Å². The second kappa shape index (κ2) is 8.68. The predicted octanol–water partition coefficient (Wildman–Crippen LogP) is 3.92. The van der Waals surface area contributed by atoms with Crippen molar-refractivity contribution in [2.45, 2.75) is 39.7 Å². The Labute approximate surface area is 197 Å². The number of aromatic nitrogens is 5. The van der Waals surface area contributed by atoms with E-state index in [0.29, 0.717) is 28.5 Å². The first kappa shape index (κ1) is 22.3. The number of hydrogen-bond acceptors (Lipinski definition) is 8. The van der Waals surface area contributed by atoms with Crippen LogP contribution >= 0.6 is 0 Å². The van der Waals surface area contributed by atoms with Gasteiger partial charge in [0.25, 0.3) is 0 Å². The van der Waals surface area contributed by atoms with Gasteiger partial charge in [-0.2, -0.15) is 9.97 Å². The van der Waals surface area contributed by atoms with Crippen LogP contribution in [0.4, 0.5) is 15.9 Å². The lowest BCUT2D eigenvalue weighted by molar-refractivity contribution is 0.380. The Morgan fingerprint density at radius 3 is 2.71 bits per heavy atom. The van der Waals surface area contributed by atoms with Crippen molar-refractivity contribution in [1.29, 1.82) is 0 Å². The summed E-state index contributed by atoms with van der Waals surface area (Å²) in [5.74, 6) is 1.88. The molecule has 1 saturated heterocycles. The zero-order valence-corrected chi connectivity index (χ0v) is 19.8. The Hall–Kier alpha value is -3.53. The minimum Gasteiger partial charge on any atom is -0.421 e. The van der Waals surface area contributed by atoms with Crippen LogP contribution < -0.4 is 20.7 Å². The van der Waals surface area contributed by atoms with Gasteiger partial charge >= 0.3 is 6.01 Å². The average Bonchev–Trinajstić information content (AvgIpc) is 3.23. The lowest BCUT2D eigenvalue weighted by atomic mass is 9.94. The van der Waals surface area contributed by atoms with Gasteiger partial charge in [-0.1, -0.05) is 13.8 Å². The van der Waals surface area contributed by atoms with Crippen LogP contribution in [0.25, 0.3) is 21.9 Å². The third kappa shape index (κ3) is 3.77. The number of nitrogens with one attached hydrogen (secondary N) is 2. The summed E-state index contributed by atoms with van der Waals surface area (Å²) in [6.07, 6.45) is 4.81. The molecule has 1 aliphatic heterocycles. The molecule has 0 aliphatic carbocycles. The molecule has 0 saturated carbocycles. The molecule has 0 spiro atoms. The van der Waals surface area contributed by atoms with Gasteiger partial charge in [0.2, 0.25) is 0 Å². The van der Waals surface area contributed by atoms with Crippen molar-refractivity contribution in [1.82, 2.24) is 24.9 Å². The fourth-order valence-electron chi connectivity index (χ4n) is 4.57. The van der Waals surface area contributed by atoms with Gasteiger partial charge in [0.1, 0.15) is 23.1 Å². The first-order valence-electron chi connectivity index (χ1n) is 11.6. The lowest BCUT2D eigenvalue weighted by Crippen LogP contribution is -2.46. The number of nitrogens with two attached hydrogens (primary N) is 1. The van der Waals surface area contributed by atoms with Gasteiger partial charge in [-0.05, 0) is 30.9 Å². The maximum Gasteiger partial charge on any atom is 0.326 e. The quantitative estimate of drug-likeness (QED) is 0.407. The molecule has 4 N–H and O–H groups in total. The van der Waals surface area contributed by atoms with E-state index in [1.54, 1.807) is 26.4 Å². The lowest BCUT2D eigenvalue weighted by Gasteiger charge is -2.36. The first-order chi connectivity index (χ1) is 16.4.